The van der Waals surface area contributed by atoms with Crippen LogP contribution < -0.4 is 5.32 Å². The van der Waals surface area contributed by atoms with E-state index in [1.54, 1.807) is 0 Å². The molecule has 1 saturated heterocycles. The average Bonchev–Trinajstić information content (AvgIpc) is 2.51. The quantitative estimate of drug-likeness (QED) is 0.777. The van der Waals surface area contributed by atoms with E-state index in [0.29, 0.717) is 11.8 Å². The number of hydrogen-bond donors (Lipinski definition) is 1. The molecule has 2 aromatic rings. The van der Waals surface area contributed by atoms with Gasteiger partial charge in [0.05, 0.1) is 0 Å². The summed E-state index contributed by atoms with van der Waals surface area (Å²) in [6.45, 7) is 1.87. The number of rotatable bonds is 2. The van der Waals surface area contributed by atoms with Gasteiger partial charge in [-0.15, -0.1) is 0 Å². The molecule has 21 heavy (non-hydrogen) atoms. The minimum atomic E-state index is -0.195. The predicted molar refractivity (Wildman–Crippen MR) is 88.5 cm³/mol. The summed E-state index contributed by atoms with van der Waals surface area (Å²) < 4.78 is 14.2. The van der Waals surface area contributed by atoms with Crippen LogP contribution in [0.1, 0.15) is 29.4 Å². The van der Waals surface area contributed by atoms with E-state index >= 15 is 0 Å². The molecule has 2 atom stereocenters. The predicted octanol–water partition coefficient (Wildman–Crippen LogP) is 5.10. The fraction of sp³-hybridized carbons (Fsp3) is 0.294. The molecular weight excluding hydrogens is 353 g/mol. The number of benzene rings is 2. The SMILES string of the molecule is Fc1ccc(C2CNCCC2c2cc(Br)ccc2Cl)cc1. The van der Waals surface area contributed by atoms with Crippen LogP contribution in [0.15, 0.2) is 46.9 Å². The van der Waals surface area contributed by atoms with Gasteiger partial charge in [0, 0.05) is 22.0 Å². The monoisotopic (exact) mass is 367 g/mol. The van der Waals surface area contributed by atoms with E-state index in [1.807, 2.05) is 24.3 Å². The maximum Gasteiger partial charge on any atom is 0.123 e. The topological polar surface area (TPSA) is 12.0 Å². The molecule has 1 nitrogen and oxygen atoms in total. The number of hydrogen-bond acceptors (Lipinski definition) is 1. The van der Waals surface area contributed by atoms with Gasteiger partial charge in [-0.1, -0.05) is 39.7 Å². The number of halogens is 3. The van der Waals surface area contributed by atoms with Gasteiger partial charge in [-0.25, -0.2) is 4.39 Å². The first kappa shape index (κ1) is 15.0. The highest BCUT2D eigenvalue weighted by Crippen LogP contribution is 2.41. The summed E-state index contributed by atoms with van der Waals surface area (Å²) in [6, 6.07) is 12.8. The van der Waals surface area contributed by atoms with Crippen LogP contribution in [0.2, 0.25) is 5.02 Å². The van der Waals surface area contributed by atoms with Crippen LogP contribution in [-0.2, 0) is 0 Å². The van der Waals surface area contributed by atoms with Crippen molar-refractivity contribution < 1.29 is 4.39 Å². The zero-order valence-corrected chi connectivity index (χ0v) is 13.8. The Balaban J connectivity index is 1.98. The van der Waals surface area contributed by atoms with Gasteiger partial charge in [-0.05, 0) is 60.3 Å². The highest BCUT2D eigenvalue weighted by Gasteiger charge is 2.29. The smallest absolute Gasteiger partial charge is 0.123 e. The van der Waals surface area contributed by atoms with E-state index in [2.05, 4.69) is 27.3 Å². The van der Waals surface area contributed by atoms with Crippen molar-refractivity contribution in [2.45, 2.75) is 18.3 Å². The van der Waals surface area contributed by atoms with Gasteiger partial charge in [-0.3, -0.25) is 0 Å². The van der Waals surface area contributed by atoms with E-state index < -0.39 is 0 Å². The molecule has 0 saturated carbocycles. The van der Waals surface area contributed by atoms with Crippen LogP contribution in [0.3, 0.4) is 0 Å². The lowest BCUT2D eigenvalue weighted by Crippen LogP contribution is -2.34. The zero-order chi connectivity index (χ0) is 14.8. The fourth-order valence-electron chi connectivity index (χ4n) is 3.09. The maximum absolute atomic E-state index is 13.1. The second-order valence-electron chi connectivity index (χ2n) is 5.42. The van der Waals surface area contributed by atoms with Crippen molar-refractivity contribution in [3.63, 3.8) is 0 Å². The van der Waals surface area contributed by atoms with Crippen LogP contribution in [-0.4, -0.2) is 13.1 Å². The van der Waals surface area contributed by atoms with E-state index in [1.165, 1.54) is 17.7 Å². The molecule has 1 heterocycles. The minimum absolute atomic E-state index is 0.195. The van der Waals surface area contributed by atoms with Crippen LogP contribution in [0.5, 0.6) is 0 Å². The summed E-state index contributed by atoms with van der Waals surface area (Å²) in [5.74, 6) is 0.465. The second kappa shape index (κ2) is 6.47. The molecular formula is C17H16BrClFN. The van der Waals surface area contributed by atoms with Crippen LogP contribution in [0.25, 0.3) is 0 Å². The van der Waals surface area contributed by atoms with Crippen molar-refractivity contribution in [1.82, 2.24) is 5.32 Å². The van der Waals surface area contributed by atoms with Gasteiger partial charge < -0.3 is 5.32 Å². The Bertz CT molecular complexity index is 629. The molecule has 1 N–H and O–H groups in total. The highest BCUT2D eigenvalue weighted by atomic mass is 79.9. The van der Waals surface area contributed by atoms with Crippen molar-refractivity contribution in [2.24, 2.45) is 0 Å². The van der Waals surface area contributed by atoms with Gasteiger partial charge in [0.2, 0.25) is 0 Å². The molecule has 1 fully saturated rings. The van der Waals surface area contributed by atoms with E-state index in [9.17, 15) is 4.39 Å². The molecule has 0 spiro atoms. The summed E-state index contributed by atoms with van der Waals surface area (Å²) >= 11 is 9.93. The third-order valence-corrected chi connectivity index (χ3v) is 4.98. The van der Waals surface area contributed by atoms with Gasteiger partial charge in [0.1, 0.15) is 5.82 Å². The lowest BCUT2D eigenvalue weighted by atomic mass is 9.77. The Kier molecular flexibility index (Phi) is 4.63. The molecule has 0 aromatic heterocycles. The lowest BCUT2D eigenvalue weighted by Gasteiger charge is -2.33. The molecule has 0 aliphatic carbocycles. The molecule has 0 bridgehead atoms. The molecule has 1 aliphatic rings. The average molecular weight is 369 g/mol. The van der Waals surface area contributed by atoms with Crippen LogP contribution in [0.4, 0.5) is 4.39 Å². The molecule has 4 heteroatoms. The summed E-state index contributed by atoms with van der Waals surface area (Å²) in [6.07, 6.45) is 1.03. The molecule has 2 aromatic carbocycles. The summed E-state index contributed by atoms with van der Waals surface area (Å²) in [4.78, 5) is 0. The molecule has 1 aliphatic heterocycles. The third kappa shape index (κ3) is 3.31. The van der Waals surface area contributed by atoms with Crippen molar-refractivity contribution in [1.29, 1.82) is 0 Å². The Morgan fingerprint density at radius 2 is 1.86 bits per heavy atom. The van der Waals surface area contributed by atoms with Crippen molar-refractivity contribution in [3.8, 4) is 0 Å². The first-order valence-electron chi connectivity index (χ1n) is 7.06. The Morgan fingerprint density at radius 1 is 1.10 bits per heavy atom. The van der Waals surface area contributed by atoms with E-state index in [0.717, 1.165) is 34.6 Å². The normalized spacial score (nSPS) is 22.2. The van der Waals surface area contributed by atoms with E-state index in [-0.39, 0.29) is 5.82 Å². The van der Waals surface area contributed by atoms with Crippen molar-refractivity contribution in [3.05, 3.63) is 68.9 Å². The highest BCUT2D eigenvalue weighted by molar-refractivity contribution is 9.10. The second-order valence-corrected chi connectivity index (χ2v) is 6.75. The first-order chi connectivity index (χ1) is 10.1. The standard InChI is InChI=1S/C17H16BrClFN/c18-12-3-6-17(19)15(9-12)14-7-8-21-10-16(14)11-1-4-13(20)5-2-11/h1-6,9,14,16,21H,7-8,10H2. The molecule has 0 radical (unpaired) electrons. The number of nitrogens with one attached hydrogen (secondary N) is 1. The van der Waals surface area contributed by atoms with Crippen LogP contribution >= 0.6 is 27.5 Å². The Morgan fingerprint density at radius 3 is 2.62 bits per heavy atom. The summed E-state index contributed by atoms with van der Waals surface area (Å²) in [5, 5.41) is 4.24. The third-order valence-electron chi connectivity index (χ3n) is 4.14. The molecule has 0 amide bonds. The fourth-order valence-corrected chi connectivity index (χ4v) is 3.73. The molecule has 3 rings (SSSR count). The Labute approximate surface area is 137 Å². The summed E-state index contributed by atoms with van der Waals surface area (Å²) in [7, 11) is 0. The van der Waals surface area contributed by atoms with E-state index in [4.69, 9.17) is 11.6 Å². The minimum Gasteiger partial charge on any atom is -0.316 e. The van der Waals surface area contributed by atoms with Crippen molar-refractivity contribution >= 4 is 27.5 Å². The largest absolute Gasteiger partial charge is 0.316 e. The first-order valence-corrected chi connectivity index (χ1v) is 8.23. The lowest BCUT2D eigenvalue weighted by molar-refractivity contribution is 0.404. The molecule has 2 unspecified atom stereocenters. The van der Waals surface area contributed by atoms with Crippen LogP contribution in [0, 0.1) is 5.82 Å². The van der Waals surface area contributed by atoms with Gasteiger partial charge >= 0.3 is 0 Å². The van der Waals surface area contributed by atoms with Crippen molar-refractivity contribution in [2.75, 3.05) is 13.1 Å². The Hall–Kier alpha value is -0.900. The van der Waals surface area contributed by atoms with Gasteiger partial charge in [-0.2, -0.15) is 0 Å². The number of piperidine rings is 1. The molecule has 110 valence electrons. The van der Waals surface area contributed by atoms with Gasteiger partial charge in [0.25, 0.3) is 0 Å². The maximum atomic E-state index is 13.1. The zero-order valence-electron chi connectivity index (χ0n) is 11.5. The summed E-state index contributed by atoms with van der Waals surface area (Å²) in [5.41, 5.74) is 2.33. The van der Waals surface area contributed by atoms with Gasteiger partial charge in [0.15, 0.2) is 0 Å².